The molecule has 2 rings (SSSR count). The summed E-state index contributed by atoms with van der Waals surface area (Å²) in [5.74, 6) is 0.485. The third kappa shape index (κ3) is 2.27. The molecule has 0 saturated carbocycles. The lowest BCUT2D eigenvalue weighted by Gasteiger charge is -2.05. The number of aromatic nitrogens is 1. The predicted molar refractivity (Wildman–Crippen MR) is 66.6 cm³/mol. The molecular formula is C11H14N2S2. The molecule has 0 bridgehead atoms. The van der Waals surface area contributed by atoms with Crippen LogP contribution >= 0.6 is 22.7 Å². The topological polar surface area (TPSA) is 38.9 Å². The van der Waals surface area contributed by atoms with Crippen LogP contribution in [0, 0.1) is 0 Å². The average molecular weight is 238 g/mol. The SMILES string of the molecule is CC(C)c1ncc(C(N)c2cccs2)s1. The lowest BCUT2D eigenvalue weighted by Crippen LogP contribution is -2.07. The number of thiazole rings is 1. The molecule has 1 unspecified atom stereocenters. The molecule has 0 aromatic carbocycles. The summed E-state index contributed by atoms with van der Waals surface area (Å²) < 4.78 is 0. The fraction of sp³-hybridized carbons (Fsp3) is 0.364. The van der Waals surface area contributed by atoms with Crippen LogP contribution in [0.2, 0.25) is 0 Å². The van der Waals surface area contributed by atoms with Crippen molar-refractivity contribution in [3.8, 4) is 0 Å². The molecule has 2 nitrogen and oxygen atoms in total. The van der Waals surface area contributed by atoms with Gasteiger partial charge in [0, 0.05) is 21.9 Å². The third-order valence-electron chi connectivity index (χ3n) is 2.19. The first-order chi connectivity index (χ1) is 7.18. The van der Waals surface area contributed by atoms with Crippen molar-refractivity contribution in [2.45, 2.75) is 25.8 Å². The van der Waals surface area contributed by atoms with Crippen molar-refractivity contribution in [2.75, 3.05) is 0 Å². The van der Waals surface area contributed by atoms with Gasteiger partial charge in [0.25, 0.3) is 0 Å². The molecule has 2 heterocycles. The van der Waals surface area contributed by atoms with Gasteiger partial charge in [0.15, 0.2) is 0 Å². The molecule has 80 valence electrons. The highest BCUT2D eigenvalue weighted by Crippen LogP contribution is 2.30. The molecule has 0 aliphatic heterocycles. The average Bonchev–Trinajstić information content (AvgIpc) is 2.88. The first-order valence-electron chi connectivity index (χ1n) is 4.93. The van der Waals surface area contributed by atoms with Gasteiger partial charge in [0.1, 0.15) is 0 Å². The van der Waals surface area contributed by atoms with Crippen LogP contribution in [0.1, 0.15) is 40.6 Å². The molecule has 15 heavy (non-hydrogen) atoms. The van der Waals surface area contributed by atoms with Gasteiger partial charge in [-0.15, -0.1) is 22.7 Å². The summed E-state index contributed by atoms with van der Waals surface area (Å²) in [5, 5.41) is 3.22. The Labute approximate surface area is 97.8 Å². The lowest BCUT2D eigenvalue weighted by molar-refractivity contribution is 0.851. The molecule has 2 N–H and O–H groups in total. The Morgan fingerprint density at radius 1 is 1.33 bits per heavy atom. The van der Waals surface area contributed by atoms with Crippen molar-refractivity contribution in [3.05, 3.63) is 38.5 Å². The van der Waals surface area contributed by atoms with E-state index >= 15 is 0 Å². The Bertz CT molecular complexity index is 417. The summed E-state index contributed by atoms with van der Waals surface area (Å²) >= 11 is 3.42. The van der Waals surface area contributed by atoms with Gasteiger partial charge < -0.3 is 5.73 Å². The van der Waals surface area contributed by atoms with Crippen LogP contribution in [0.15, 0.2) is 23.7 Å². The van der Waals surface area contributed by atoms with Crippen molar-refractivity contribution in [3.63, 3.8) is 0 Å². The molecule has 0 radical (unpaired) electrons. The highest BCUT2D eigenvalue weighted by molar-refractivity contribution is 7.12. The van der Waals surface area contributed by atoms with Gasteiger partial charge in [-0.25, -0.2) is 4.98 Å². The van der Waals surface area contributed by atoms with Gasteiger partial charge in [0.05, 0.1) is 11.0 Å². The van der Waals surface area contributed by atoms with E-state index in [0.29, 0.717) is 5.92 Å². The van der Waals surface area contributed by atoms with Crippen molar-refractivity contribution < 1.29 is 0 Å². The van der Waals surface area contributed by atoms with E-state index in [-0.39, 0.29) is 6.04 Å². The molecule has 1 atom stereocenters. The number of thiophene rings is 1. The first-order valence-corrected chi connectivity index (χ1v) is 6.62. The summed E-state index contributed by atoms with van der Waals surface area (Å²) in [4.78, 5) is 6.75. The zero-order chi connectivity index (χ0) is 10.8. The minimum Gasteiger partial charge on any atom is -0.319 e. The smallest absolute Gasteiger partial charge is 0.0953 e. The Balaban J connectivity index is 2.23. The fourth-order valence-corrected chi connectivity index (χ4v) is 3.08. The van der Waals surface area contributed by atoms with E-state index in [4.69, 9.17) is 5.73 Å². The zero-order valence-electron chi connectivity index (χ0n) is 8.81. The molecule has 0 amide bonds. The van der Waals surface area contributed by atoms with Gasteiger partial charge >= 0.3 is 0 Å². The lowest BCUT2D eigenvalue weighted by atomic mass is 10.2. The highest BCUT2D eigenvalue weighted by atomic mass is 32.1. The van der Waals surface area contributed by atoms with Crippen LogP contribution in [0.25, 0.3) is 0 Å². The molecule has 2 aromatic rings. The molecule has 4 heteroatoms. The number of nitrogens with two attached hydrogens (primary N) is 1. The van der Waals surface area contributed by atoms with E-state index in [2.05, 4.69) is 30.3 Å². The van der Waals surface area contributed by atoms with Crippen molar-refractivity contribution in [1.82, 2.24) is 4.98 Å². The molecule has 0 fully saturated rings. The van der Waals surface area contributed by atoms with Crippen LogP contribution in [-0.4, -0.2) is 4.98 Å². The number of hydrogen-bond acceptors (Lipinski definition) is 4. The second kappa shape index (κ2) is 4.43. The zero-order valence-corrected chi connectivity index (χ0v) is 10.4. The Hall–Kier alpha value is -0.710. The molecule has 0 saturated heterocycles. The minimum atomic E-state index is -0.00463. The molecule has 0 spiro atoms. The fourth-order valence-electron chi connectivity index (χ4n) is 1.32. The quantitative estimate of drug-likeness (QED) is 0.890. The van der Waals surface area contributed by atoms with E-state index < -0.39 is 0 Å². The summed E-state index contributed by atoms with van der Waals surface area (Å²) in [6.45, 7) is 4.30. The third-order valence-corrected chi connectivity index (χ3v) is 4.53. The monoisotopic (exact) mass is 238 g/mol. The maximum Gasteiger partial charge on any atom is 0.0953 e. The summed E-state index contributed by atoms with van der Waals surface area (Å²) in [5.41, 5.74) is 6.16. The maximum atomic E-state index is 6.16. The van der Waals surface area contributed by atoms with Crippen LogP contribution in [0.4, 0.5) is 0 Å². The van der Waals surface area contributed by atoms with Crippen LogP contribution in [-0.2, 0) is 0 Å². The Morgan fingerprint density at radius 3 is 2.67 bits per heavy atom. The van der Waals surface area contributed by atoms with E-state index in [9.17, 15) is 0 Å². The largest absolute Gasteiger partial charge is 0.319 e. The standard InChI is InChI=1S/C11H14N2S2/c1-7(2)11-13-6-9(15-11)10(12)8-4-3-5-14-8/h3-7,10H,12H2,1-2H3. The van der Waals surface area contributed by atoms with Gasteiger partial charge in [-0.2, -0.15) is 0 Å². The van der Waals surface area contributed by atoms with E-state index in [0.717, 1.165) is 9.88 Å². The van der Waals surface area contributed by atoms with Crippen LogP contribution < -0.4 is 5.73 Å². The van der Waals surface area contributed by atoms with Gasteiger partial charge in [-0.1, -0.05) is 19.9 Å². The first kappa shape index (κ1) is 10.8. The number of hydrogen-bond donors (Lipinski definition) is 1. The highest BCUT2D eigenvalue weighted by Gasteiger charge is 2.14. The van der Waals surface area contributed by atoms with Crippen LogP contribution in [0.5, 0.6) is 0 Å². The molecule has 2 aromatic heterocycles. The second-order valence-electron chi connectivity index (χ2n) is 3.75. The van der Waals surface area contributed by atoms with Gasteiger partial charge in [-0.05, 0) is 11.4 Å². The van der Waals surface area contributed by atoms with E-state index in [1.54, 1.807) is 22.7 Å². The van der Waals surface area contributed by atoms with Crippen molar-refractivity contribution in [1.29, 1.82) is 0 Å². The normalized spacial score (nSPS) is 13.3. The van der Waals surface area contributed by atoms with Gasteiger partial charge in [0.2, 0.25) is 0 Å². The predicted octanol–water partition coefficient (Wildman–Crippen LogP) is 3.38. The van der Waals surface area contributed by atoms with Gasteiger partial charge in [-0.3, -0.25) is 0 Å². The minimum absolute atomic E-state index is 0.00463. The molecule has 0 aliphatic rings. The van der Waals surface area contributed by atoms with Crippen molar-refractivity contribution in [2.24, 2.45) is 5.73 Å². The maximum absolute atomic E-state index is 6.16. The molecular weight excluding hydrogens is 224 g/mol. The number of rotatable bonds is 3. The summed E-state index contributed by atoms with van der Waals surface area (Å²) in [7, 11) is 0. The Kier molecular flexibility index (Phi) is 3.19. The number of nitrogens with zero attached hydrogens (tertiary/aromatic N) is 1. The second-order valence-corrected chi connectivity index (χ2v) is 5.82. The van der Waals surface area contributed by atoms with E-state index in [1.165, 1.54) is 4.88 Å². The molecule has 0 aliphatic carbocycles. The summed E-state index contributed by atoms with van der Waals surface area (Å²) in [6.07, 6.45) is 1.91. The van der Waals surface area contributed by atoms with E-state index in [1.807, 2.05) is 12.3 Å². The van der Waals surface area contributed by atoms with Crippen molar-refractivity contribution >= 4 is 22.7 Å². The Morgan fingerprint density at radius 2 is 2.13 bits per heavy atom. The van der Waals surface area contributed by atoms with Crippen LogP contribution in [0.3, 0.4) is 0 Å². The summed E-state index contributed by atoms with van der Waals surface area (Å²) in [6, 6.07) is 4.10.